The molecule has 1 unspecified atom stereocenters. The fraction of sp³-hybridized carbons (Fsp3) is 0.538. The molecule has 1 aliphatic heterocycles. The third kappa shape index (κ3) is 3.48. The summed E-state index contributed by atoms with van der Waals surface area (Å²) in [5.41, 5.74) is 1.27. The van der Waals surface area contributed by atoms with Crippen LogP contribution in [0.4, 0.5) is 0 Å². The summed E-state index contributed by atoms with van der Waals surface area (Å²) in [6.07, 6.45) is 0.969. The molecule has 106 valence electrons. The third-order valence-corrected chi connectivity index (χ3v) is 7.54. The summed E-state index contributed by atoms with van der Waals surface area (Å²) in [5, 5.41) is 10.2. The van der Waals surface area contributed by atoms with E-state index in [1.807, 2.05) is 17.8 Å². The van der Waals surface area contributed by atoms with E-state index in [-0.39, 0.29) is 5.75 Å². The maximum absolute atomic E-state index is 10.2. The Labute approximate surface area is 126 Å². The van der Waals surface area contributed by atoms with Gasteiger partial charge >= 0.3 is 0 Å². The number of hydrogen-bond donors (Lipinski definition) is 1. The highest BCUT2D eigenvalue weighted by Crippen LogP contribution is 2.57. The topological polar surface area (TPSA) is 32.7 Å². The van der Waals surface area contributed by atoms with Gasteiger partial charge in [0.1, 0.15) is 0 Å². The van der Waals surface area contributed by atoms with Crippen LogP contribution in [0.15, 0.2) is 15.9 Å². The maximum Gasteiger partial charge on any atom is 0.173 e. The van der Waals surface area contributed by atoms with Gasteiger partial charge < -0.3 is 14.7 Å². The highest BCUT2D eigenvalue weighted by Gasteiger charge is 2.25. The lowest BCUT2D eigenvalue weighted by Crippen LogP contribution is -2.16. The first-order valence-corrected chi connectivity index (χ1v) is 9.19. The van der Waals surface area contributed by atoms with Crippen LogP contribution in [-0.2, 0) is 6.42 Å². The first kappa shape index (κ1) is 15.2. The Morgan fingerprint density at radius 3 is 2.74 bits per heavy atom. The number of fused-ring (bicyclic) bond motifs is 1. The van der Waals surface area contributed by atoms with Gasteiger partial charge in [0.2, 0.25) is 0 Å². The Bertz CT molecular complexity index is 466. The molecule has 19 heavy (non-hydrogen) atoms. The Kier molecular flexibility index (Phi) is 5.22. The SMILES string of the molecule is COc1cc(CCN(C)C)c2c(c1O)SSC(C)S2. The third-order valence-electron chi connectivity index (χ3n) is 2.85. The fourth-order valence-electron chi connectivity index (χ4n) is 1.85. The molecule has 1 atom stereocenters. The molecule has 1 aromatic rings. The smallest absolute Gasteiger partial charge is 0.173 e. The van der Waals surface area contributed by atoms with Crippen molar-refractivity contribution in [2.75, 3.05) is 27.7 Å². The summed E-state index contributed by atoms with van der Waals surface area (Å²) >= 11 is 1.83. The first-order valence-electron chi connectivity index (χ1n) is 6.10. The van der Waals surface area contributed by atoms with Crippen LogP contribution < -0.4 is 4.74 Å². The number of phenolic OH excluding ortho intramolecular Hbond substituents is 1. The van der Waals surface area contributed by atoms with Crippen molar-refractivity contribution < 1.29 is 9.84 Å². The monoisotopic (exact) mass is 317 g/mol. The van der Waals surface area contributed by atoms with Gasteiger partial charge in [0.15, 0.2) is 11.5 Å². The number of likely N-dealkylation sites (N-methyl/N-ethyl adjacent to an activating group) is 1. The van der Waals surface area contributed by atoms with Crippen LogP contribution in [0.25, 0.3) is 0 Å². The van der Waals surface area contributed by atoms with Gasteiger partial charge in [-0.15, -0.1) is 11.8 Å². The van der Waals surface area contributed by atoms with E-state index in [1.165, 1.54) is 10.5 Å². The number of benzene rings is 1. The van der Waals surface area contributed by atoms with Crippen LogP contribution in [0.3, 0.4) is 0 Å². The average molecular weight is 318 g/mol. The number of ether oxygens (including phenoxy) is 1. The zero-order chi connectivity index (χ0) is 14.0. The number of hydrogen-bond acceptors (Lipinski definition) is 6. The zero-order valence-corrected chi connectivity index (χ0v) is 14.0. The molecule has 0 spiro atoms. The largest absolute Gasteiger partial charge is 0.503 e. The van der Waals surface area contributed by atoms with Crippen LogP contribution in [0.1, 0.15) is 12.5 Å². The summed E-state index contributed by atoms with van der Waals surface area (Å²) in [6, 6.07) is 1.98. The van der Waals surface area contributed by atoms with E-state index in [0.717, 1.165) is 17.9 Å². The molecule has 0 bridgehead atoms. The van der Waals surface area contributed by atoms with Gasteiger partial charge in [0.25, 0.3) is 0 Å². The fourth-order valence-corrected chi connectivity index (χ4v) is 6.08. The summed E-state index contributed by atoms with van der Waals surface area (Å²) in [4.78, 5) is 4.35. The van der Waals surface area contributed by atoms with E-state index in [9.17, 15) is 5.11 Å². The molecular weight excluding hydrogens is 298 g/mol. The molecule has 0 fully saturated rings. The predicted octanol–water partition coefficient (Wildman–Crippen LogP) is 3.70. The van der Waals surface area contributed by atoms with Gasteiger partial charge in [-0.05, 0) is 39.1 Å². The first-order chi connectivity index (χ1) is 9.02. The summed E-state index contributed by atoms with van der Waals surface area (Å²) in [7, 11) is 9.19. The van der Waals surface area contributed by atoms with E-state index in [2.05, 4.69) is 25.9 Å². The lowest BCUT2D eigenvalue weighted by atomic mass is 10.1. The molecular formula is C13H19NO2S3. The van der Waals surface area contributed by atoms with Crippen molar-refractivity contribution >= 4 is 33.3 Å². The van der Waals surface area contributed by atoms with Crippen LogP contribution in [0.5, 0.6) is 11.5 Å². The molecule has 0 aliphatic carbocycles. The van der Waals surface area contributed by atoms with E-state index in [0.29, 0.717) is 10.3 Å². The molecule has 3 nitrogen and oxygen atoms in total. The van der Waals surface area contributed by atoms with Crippen LogP contribution in [0, 0.1) is 0 Å². The number of aromatic hydroxyl groups is 1. The minimum atomic E-state index is 0.281. The number of methoxy groups -OCH3 is 1. The minimum absolute atomic E-state index is 0.281. The van der Waals surface area contributed by atoms with Crippen molar-refractivity contribution in [1.82, 2.24) is 4.90 Å². The normalized spacial score (nSPS) is 18.5. The average Bonchev–Trinajstić information content (AvgIpc) is 2.37. The number of rotatable bonds is 4. The second kappa shape index (κ2) is 6.52. The van der Waals surface area contributed by atoms with Gasteiger partial charge in [0.05, 0.1) is 16.6 Å². The maximum atomic E-state index is 10.2. The summed E-state index contributed by atoms with van der Waals surface area (Å²) in [6.45, 7) is 3.19. The number of nitrogens with zero attached hydrogens (tertiary/aromatic N) is 1. The van der Waals surface area contributed by atoms with Gasteiger partial charge in [-0.2, -0.15) is 0 Å². The summed E-state index contributed by atoms with van der Waals surface area (Å²) < 4.78 is 5.79. The molecule has 0 aromatic heterocycles. The molecule has 6 heteroatoms. The molecule has 1 heterocycles. The van der Waals surface area contributed by atoms with E-state index in [1.54, 1.807) is 28.7 Å². The lowest BCUT2D eigenvalue weighted by molar-refractivity contribution is 0.363. The molecule has 1 aromatic carbocycles. The van der Waals surface area contributed by atoms with Crippen molar-refractivity contribution in [3.8, 4) is 11.5 Å². The van der Waals surface area contributed by atoms with Crippen molar-refractivity contribution in [3.63, 3.8) is 0 Å². The van der Waals surface area contributed by atoms with E-state index < -0.39 is 0 Å². The van der Waals surface area contributed by atoms with Crippen LogP contribution in [0.2, 0.25) is 0 Å². The highest BCUT2D eigenvalue weighted by atomic mass is 33.1. The highest BCUT2D eigenvalue weighted by molar-refractivity contribution is 8.78. The van der Waals surface area contributed by atoms with Gasteiger partial charge in [-0.1, -0.05) is 21.6 Å². The zero-order valence-electron chi connectivity index (χ0n) is 11.6. The standard InChI is InChI=1S/C13H19NO2S3/c1-8-17-12-9(5-6-14(2)3)7-10(16-4)11(15)13(12)19-18-8/h7-8,15H,5-6H2,1-4H3. The Morgan fingerprint density at radius 2 is 2.11 bits per heavy atom. The second-order valence-electron chi connectivity index (χ2n) is 4.66. The van der Waals surface area contributed by atoms with Crippen molar-refractivity contribution in [1.29, 1.82) is 0 Å². The molecule has 1 aliphatic rings. The van der Waals surface area contributed by atoms with Gasteiger partial charge in [0, 0.05) is 11.4 Å². The molecule has 0 amide bonds. The predicted molar refractivity (Wildman–Crippen MR) is 85.7 cm³/mol. The number of thioether (sulfide) groups is 1. The second-order valence-corrected chi connectivity index (χ2v) is 8.86. The molecule has 1 N–H and O–H groups in total. The lowest BCUT2D eigenvalue weighted by Gasteiger charge is -2.24. The quantitative estimate of drug-likeness (QED) is 0.853. The van der Waals surface area contributed by atoms with Gasteiger partial charge in [-0.25, -0.2) is 0 Å². The Hall–Kier alpha value is -0.170. The van der Waals surface area contributed by atoms with E-state index >= 15 is 0 Å². The van der Waals surface area contributed by atoms with Crippen molar-refractivity contribution in [2.24, 2.45) is 0 Å². The van der Waals surface area contributed by atoms with Crippen LogP contribution in [-0.4, -0.2) is 42.3 Å². The summed E-state index contributed by atoms with van der Waals surface area (Å²) in [5.74, 6) is 0.860. The van der Waals surface area contributed by atoms with Crippen LogP contribution >= 0.6 is 33.3 Å². The Morgan fingerprint density at radius 1 is 1.37 bits per heavy atom. The molecule has 0 saturated heterocycles. The van der Waals surface area contributed by atoms with Gasteiger partial charge in [-0.3, -0.25) is 0 Å². The molecule has 0 saturated carbocycles. The Balaban J connectivity index is 2.40. The van der Waals surface area contributed by atoms with Crippen molar-refractivity contribution in [3.05, 3.63) is 11.6 Å². The number of phenols is 1. The molecule has 0 radical (unpaired) electrons. The minimum Gasteiger partial charge on any atom is -0.503 e. The van der Waals surface area contributed by atoms with Crippen molar-refractivity contribution in [2.45, 2.75) is 27.7 Å². The molecule has 2 rings (SSSR count). The van der Waals surface area contributed by atoms with E-state index in [4.69, 9.17) is 4.74 Å².